The number of aryl methyl sites for hydroxylation is 2. The van der Waals surface area contributed by atoms with Gasteiger partial charge in [0.25, 0.3) is 11.1 Å². The lowest BCUT2D eigenvalue weighted by atomic mass is 9.98. The van der Waals surface area contributed by atoms with E-state index in [0.717, 1.165) is 26.7 Å². The zero-order chi connectivity index (χ0) is 40.8. The van der Waals surface area contributed by atoms with Crippen molar-refractivity contribution in [3.63, 3.8) is 0 Å². The van der Waals surface area contributed by atoms with Gasteiger partial charge in [-0.15, -0.1) is 0 Å². The minimum atomic E-state index is -0.407. The van der Waals surface area contributed by atoms with Crippen LogP contribution in [0.5, 0.6) is 0 Å². The number of esters is 1. The number of carbonyl (C=O) groups excluding carboxylic acids is 1. The average molecular weight is 832 g/mol. The predicted molar refractivity (Wildman–Crippen MR) is 235 cm³/mol. The van der Waals surface area contributed by atoms with Gasteiger partial charge in [-0.2, -0.15) is 0 Å². The SMILES string of the molecule is Cc1nc2cc(Br)ccc2c(=O)n1C(c1ccccc1)c1ccccc1.Cc1nc2cc(C(=O)OCC(C)C)ccc2c(=O)n1C(c1ccccc1)c1ccccc1. The maximum atomic E-state index is 13.6. The molecule has 2 aromatic heterocycles. The van der Waals surface area contributed by atoms with Crippen LogP contribution in [0.3, 0.4) is 0 Å². The summed E-state index contributed by atoms with van der Waals surface area (Å²) < 4.78 is 9.76. The highest BCUT2D eigenvalue weighted by molar-refractivity contribution is 9.10. The molecule has 9 heteroatoms. The Morgan fingerprint density at radius 3 is 1.34 bits per heavy atom. The van der Waals surface area contributed by atoms with E-state index in [4.69, 9.17) is 14.7 Å². The van der Waals surface area contributed by atoms with Crippen LogP contribution in [0.1, 0.15) is 70.2 Å². The van der Waals surface area contributed by atoms with Crippen molar-refractivity contribution in [2.24, 2.45) is 5.92 Å². The molecule has 0 aliphatic heterocycles. The molecule has 8 rings (SSSR count). The Labute approximate surface area is 345 Å². The average Bonchev–Trinajstić information content (AvgIpc) is 3.24. The third kappa shape index (κ3) is 8.60. The second-order valence-electron chi connectivity index (χ2n) is 14.5. The molecule has 8 aromatic rings. The van der Waals surface area contributed by atoms with Crippen molar-refractivity contribution in [2.75, 3.05) is 6.61 Å². The zero-order valence-electron chi connectivity index (χ0n) is 32.8. The van der Waals surface area contributed by atoms with Crippen LogP contribution >= 0.6 is 15.9 Å². The standard InChI is InChI=1S/C27H26N2O3.C22H17BrN2O/c1-18(2)17-32-27(31)22-14-15-23-24(16-22)28-19(3)29(26(23)30)25(20-10-6-4-7-11-20)21-12-8-5-9-13-21;1-15-24-20-14-18(23)12-13-19(20)22(26)25(15)21(16-8-4-2-5-9-16)17-10-6-3-7-11-17/h4-16,18,25H,17H2,1-3H3;2-14,21H,1H3. The molecule has 6 aromatic carbocycles. The van der Waals surface area contributed by atoms with Gasteiger partial charge in [0.2, 0.25) is 0 Å². The van der Waals surface area contributed by atoms with Crippen molar-refractivity contribution in [3.8, 4) is 0 Å². The van der Waals surface area contributed by atoms with Crippen LogP contribution in [-0.4, -0.2) is 31.7 Å². The van der Waals surface area contributed by atoms with Crippen molar-refractivity contribution in [1.82, 2.24) is 19.1 Å². The van der Waals surface area contributed by atoms with Crippen LogP contribution in [0.25, 0.3) is 21.8 Å². The summed E-state index contributed by atoms with van der Waals surface area (Å²) in [6, 6.07) is 50.0. The summed E-state index contributed by atoms with van der Waals surface area (Å²) in [6.07, 6.45) is 0. The van der Waals surface area contributed by atoms with Crippen LogP contribution in [0, 0.1) is 19.8 Å². The molecule has 2 heterocycles. The number of ether oxygens (including phenoxy) is 1. The van der Waals surface area contributed by atoms with Gasteiger partial charge in [-0.05, 0) is 78.4 Å². The summed E-state index contributed by atoms with van der Waals surface area (Å²) in [5, 5.41) is 1.09. The molecule has 0 amide bonds. The molecule has 0 atom stereocenters. The Kier molecular flexibility index (Phi) is 12.2. The Hall–Kier alpha value is -6.45. The van der Waals surface area contributed by atoms with Gasteiger partial charge in [0.1, 0.15) is 11.6 Å². The monoisotopic (exact) mass is 830 g/mol. The topological polar surface area (TPSA) is 96.1 Å². The summed E-state index contributed by atoms with van der Waals surface area (Å²) in [7, 11) is 0. The van der Waals surface area contributed by atoms with Gasteiger partial charge < -0.3 is 4.74 Å². The number of halogens is 1. The van der Waals surface area contributed by atoms with Gasteiger partial charge in [-0.1, -0.05) is 151 Å². The molecule has 0 fully saturated rings. The van der Waals surface area contributed by atoms with Crippen molar-refractivity contribution >= 4 is 43.7 Å². The van der Waals surface area contributed by atoms with Crippen molar-refractivity contribution in [3.05, 3.63) is 222 Å². The third-order valence-electron chi connectivity index (χ3n) is 9.88. The van der Waals surface area contributed by atoms with Crippen LogP contribution in [0.15, 0.2) is 172 Å². The first-order valence-corrected chi connectivity index (χ1v) is 20.0. The smallest absolute Gasteiger partial charge is 0.338 e. The molecule has 0 saturated heterocycles. The molecular formula is C49H43BrN4O4. The molecular weight excluding hydrogens is 788 g/mol. The third-order valence-corrected chi connectivity index (χ3v) is 10.4. The largest absolute Gasteiger partial charge is 0.462 e. The molecule has 0 N–H and O–H groups in total. The zero-order valence-corrected chi connectivity index (χ0v) is 34.3. The summed E-state index contributed by atoms with van der Waals surface area (Å²) in [5.74, 6) is 1.11. The van der Waals surface area contributed by atoms with E-state index in [1.165, 1.54) is 0 Å². The highest BCUT2D eigenvalue weighted by Gasteiger charge is 2.23. The van der Waals surface area contributed by atoms with E-state index in [0.29, 0.717) is 45.6 Å². The highest BCUT2D eigenvalue weighted by atomic mass is 79.9. The lowest BCUT2D eigenvalue weighted by Crippen LogP contribution is -2.29. The molecule has 58 heavy (non-hydrogen) atoms. The number of hydrogen-bond acceptors (Lipinski definition) is 6. The molecule has 0 aliphatic carbocycles. The fourth-order valence-electron chi connectivity index (χ4n) is 7.18. The maximum absolute atomic E-state index is 13.6. The predicted octanol–water partition coefficient (Wildman–Crippen LogP) is 10.3. The Morgan fingerprint density at radius 1 is 0.569 bits per heavy atom. The lowest BCUT2D eigenvalue weighted by molar-refractivity contribution is 0.0459. The van der Waals surface area contributed by atoms with E-state index in [2.05, 4.69) is 40.2 Å². The number of hydrogen-bond donors (Lipinski definition) is 0. The van der Waals surface area contributed by atoms with Gasteiger partial charge >= 0.3 is 5.97 Å². The summed E-state index contributed by atoms with van der Waals surface area (Å²) in [5.41, 5.74) is 5.53. The first-order valence-electron chi connectivity index (χ1n) is 19.2. The van der Waals surface area contributed by atoms with Crippen LogP contribution < -0.4 is 11.1 Å². The van der Waals surface area contributed by atoms with Gasteiger partial charge in [-0.3, -0.25) is 18.7 Å². The Morgan fingerprint density at radius 2 is 0.948 bits per heavy atom. The second-order valence-corrected chi connectivity index (χ2v) is 15.4. The van der Waals surface area contributed by atoms with E-state index < -0.39 is 5.97 Å². The van der Waals surface area contributed by atoms with Crippen LogP contribution in [0.2, 0.25) is 0 Å². The number of benzene rings is 6. The van der Waals surface area contributed by atoms with E-state index in [1.807, 2.05) is 143 Å². The number of fused-ring (bicyclic) bond motifs is 2. The van der Waals surface area contributed by atoms with E-state index >= 15 is 0 Å². The van der Waals surface area contributed by atoms with E-state index in [1.54, 1.807) is 27.3 Å². The lowest BCUT2D eigenvalue weighted by Gasteiger charge is -2.23. The van der Waals surface area contributed by atoms with Gasteiger partial charge in [-0.25, -0.2) is 14.8 Å². The van der Waals surface area contributed by atoms with Crippen molar-refractivity contribution < 1.29 is 9.53 Å². The molecule has 0 aliphatic rings. The van der Waals surface area contributed by atoms with Gasteiger partial charge in [0.15, 0.2) is 0 Å². The molecule has 0 bridgehead atoms. The summed E-state index contributed by atoms with van der Waals surface area (Å²) in [4.78, 5) is 48.8. The fourth-order valence-corrected chi connectivity index (χ4v) is 7.53. The van der Waals surface area contributed by atoms with E-state index in [-0.39, 0.29) is 29.1 Å². The van der Waals surface area contributed by atoms with Gasteiger partial charge in [0.05, 0.1) is 46.1 Å². The molecule has 290 valence electrons. The number of aromatic nitrogens is 4. The quantitative estimate of drug-likeness (QED) is 0.134. The first kappa shape index (κ1) is 39.8. The number of carbonyl (C=O) groups is 1. The molecule has 0 radical (unpaired) electrons. The molecule has 0 unspecified atom stereocenters. The molecule has 8 nitrogen and oxygen atoms in total. The second kappa shape index (κ2) is 17.8. The van der Waals surface area contributed by atoms with Crippen molar-refractivity contribution in [1.29, 1.82) is 0 Å². The molecule has 0 spiro atoms. The van der Waals surface area contributed by atoms with Gasteiger partial charge in [0, 0.05) is 4.47 Å². The fraction of sp³-hybridized carbons (Fsp3) is 0.163. The van der Waals surface area contributed by atoms with Crippen molar-refractivity contribution in [2.45, 2.75) is 39.8 Å². The van der Waals surface area contributed by atoms with Crippen LogP contribution in [0.4, 0.5) is 0 Å². The van der Waals surface area contributed by atoms with Crippen LogP contribution in [-0.2, 0) is 4.74 Å². The Balaban J connectivity index is 0.000000180. The molecule has 0 saturated carbocycles. The number of nitrogens with zero attached hydrogens (tertiary/aromatic N) is 4. The van der Waals surface area contributed by atoms with E-state index in [9.17, 15) is 14.4 Å². The normalized spacial score (nSPS) is 11.2. The first-order chi connectivity index (χ1) is 28.1. The maximum Gasteiger partial charge on any atom is 0.338 e. The summed E-state index contributed by atoms with van der Waals surface area (Å²) in [6.45, 7) is 8.03. The summed E-state index contributed by atoms with van der Waals surface area (Å²) >= 11 is 3.45. The highest BCUT2D eigenvalue weighted by Crippen LogP contribution is 2.29. The minimum absolute atomic E-state index is 0.0299. The number of rotatable bonds is 9. The minimum Gasteiger partial charge on any atom is -0.462 e. The Bertz CT molecular complexity index is 2730.